The van der Waals surface area contributed by atoms with Gasteiger partial charge in [0.05, 0.1) is 7.11 Å². The van der Waals surface area contributed by atoms with Crippen LogP contribution in [0.15, 0.2) is 12.1 Å². The van der Waals surface area contributed by atoms with E-state index < -0.39 is 0 Å². The maximum atomic E-state index is 12.5. The second kappa shape index (κ2) is 5.53. The quantitative estimate of drug-likeness (QED) is 0.834. The number of methoxy groups -OCH3 is 1. The number of rotatable bonds is 3. The zero-order valence-corrected chi connectivity index (χ0v) is 11.4. The van der Waals surface area contributed by atoms with Gasteiger partial charge in [-0.05, 0) is 56.5 Å². The molecule has 1 fully saturated rings. The van der Waals surface area contributed by atoms with Crippen molar-refractivity contribution < 1.29 is 9.53 Å². The Morgan fingerprint density at radius 2 is 2.11 bits per heavy atom. The van der Waals surface area contributed by atoms with Gasteiger partial charge in [0.1, 0.15) is 5.75 Å². The minimum absolute atomic E-state index is 0.130. The van der Waals surface area contributed by atoms with Gasteiger partial charge in [-0.1, -0.05) is 0 Å². The van der Waals surface area contributed by atoms with E-state index in [9.17, 15) is 4.79 Å². The number of Topliss-reactive ketones (excluding diaryl/α,β-unsaturated/α-hetero) is 1. The van der Waals surface area contributed by atoms with Crippen LogP contribution in [0, 0.1) is 19.8 Å². The molecule has 98 valence electrons. The van der Waals surface area contributed by atoms with Gasteiger partial charge in [0.15, 0.2) is 5.78 Å². The lowest BCUT2D eigenvalue weighted by molar-refractivity contribution is 0.0899. The van der Waals surface area contributed by atoms with Crippen molar-refractivity contribution in [2.75, 3.05) is 20.2 Å². The van der Waals surface area contributed by atoms with Gasteiger partial charge in [0.25, 0.3) is 0 Å². The molecule has 1 aliphatic rings. The minimum atomic E-state index is 0.130. The van der Waals surface area contributed by atoms with E-state index >= 15 is 0 Å². The molecule has 0 saturated carbocycles. The Labute approximate surface area is 109 Å². The summed E-state index contributed by atoms with van der Waals surface area (Å²) in [5, 5.41) is 3.30. The van der Waals surface area contributed by atoms with E-state index in [2.05, 4.69) is 5.32 Å². The highest BCUT2D eigenvalue weighted by Crippen LogP contribution is 2.26. The highest BCUT2D eigenvalue weighted by Gasteiger charge is 2.24. The van der Waals surface area contributed by atoms with Crippen LogP contribution in [-0.2, 0) is 0 Å². The van der Waals surface area contributed by atoms with E-state index in [4.69, 9.17) is 4.74 Å². The number of carbonyl (C=O) groups is 1. The van der Waals surface area contributed by atoms with Crippen molar-refractivity contribution in [3.63, 3.8) is 0 Å². The molecule has 3 nitrogen and oxygen atoms in total. The smallest absolute Gasteiger partial charge is 0.167 e. The summed E-state index contributed by atoms with van der Waals surface area (Å²) in [6, 6.07) is 3.80. The standard InChI is InChI=1S/C15H21NO2/c1-10-11(2)14(18-3)7-6-13(10)15(17)12-5-4-8-16-9-12/h6-7,12,16H,4-5,8-9H2,1-3H3. The van der Waals surface area contributed by atoms with Crippen LogP contribution < -0.4 is 10.1 Å². The summed E-state index contributed by atoms with van der Waals surface area (Å²) in [6.45, 7) is 5.85. The second-order valence-corrected chi connectivity index (χ2v) is 4.97. The van der Waals surface area contributed by atoms with Gasteiger partial charge >= 0.3 is 0 Å². The molecule has 1 aliphatic heterocycles. The molecule has 0 aromatic heterocycles. The molecule has 1 atom stereocenters. The van der Waals surface area contributed by atoms with E-state index in [1.54, 1.807) is 7.11 Å². The summed E-state index contributed by atoms with van der Waals surface area (Å²) in [5.41, 5.74) is 2.96. The molecule has 1 aromatic rings. The topological polar surface area (TPSA) is 38.3 Å². The summed E-state index contributed by atoms with van der Waals surface area (Å²) >= 11 is 0. The first-order valence-corrected chi connectivity index (χ1v) is 6.54. The highest BCUT2D eigenvalue weighted by molar-refractivity contribution is 5.99. The Hall–Kier alpha value is -1.35. The van der Waals surface area contributed by atoms with Gasteiger partial charge in [0, 0.05) is 18.0 Å². The van der Waals surface area contributed by atoms with Crippen molar-refractivity contribution >= 4 is 5.78 Å². The average molecular weight is 247 g/mol. The molecule has 1 saturated heterocycles. The Morgan fingerprint density at radius 3 is 2.72 bits per heavy atom. The number of carbonyl (C=O) groups excluding carboxylic acids is 1. The van der Waals surface area contributed by atoms with Crippen LogP contribution in [0.25, 0.3) is 0 Å². The summed E-state index contributed by atoms with van der Waals surface area (Å²) in [7, 11) is 1.66. The van der Waals surface area contributed by atoms with Crippen LogP contribution in [0.5, 0.6) is 5.75 Å². The fourth-order valence-corrected chi connectivity index (χ4v) is 2.58. The first-order valence-electron chi connectivity index (χ1n) is 6.54. The zero-order chi connectivity index (χ0) is 13.1. The fourth-order valence-electron chi connectivity index (χ4n) is 2.58. The fraction of sp³-hybridized carbons (Fsp3) is 0.533. The summed E-state index contributed by atoms with van der Waals surface area (Å²) in [5.74, 6) is 1.25. The van der Waals surface area contributed by atoms with Crippen LogP contribution in [0.1, 0.15) is 34.3 Å². The number of nitrogens with one attached hydrogen (secondary N) is 1. The average Bonchev–Trinajstić information content (AvgIpc) is 2.42. The van der Waals surface area contributed by atoms with Crippen LogP contribution in [0.2, 0.25) is 0 Å². The molecular weight excluding hydrogens is 226 g/mol. The molecule has 0 amide bonds. The van der Waals surface area contributed by atoms with E-state index in [1.165, 1.54) is 0 Å². The number of hydrogen-bond donors (Lipinski definition) is 1. The second-order valence-electron chi connectivity index (χ2n) is 4.97. The van der Waals surface area contributed by atoms with Gasteiger partial charge in [-0.15, -0.1) is 0 Å². The third kappa shape index (κ3) is 2.41. The molecule has 2 rings (SSSR count). The SMILES string of the molecule is COc1ccc(C(=O)C2CCCNC2)c(C)c1C. The van der Waals surface area contributed by atoms with E-state index in [0.717, 1.165) is 48.4 Å². The van der Waals surface area contributed by atoms with Crippen LogP contribution in [0.4, 0.5) is 0 Å². The summed E-state index contributed by atoms with van der Waals surface area (Å²) in [6.07, 6.45) is 2.08. The third-order valence-electron chi connectivity index (χ3n) is 3.89. The van der Waals surface area contributed by atoms with Crippen molar-refractivity contribution in [2.45, 2.75) is 26.7 Å². The number of piperidine rings is 1. The largest absolute Gasteiger partial charge is 0.496 e. The molecule has 1 aromatic carbocycles. The molecule has 0 radical (unpaired) electrons. The molecule has 18 heavy (non-hydrogen) atoms. The van der Waals surface area contributed by atoms with Gasteiger partial charge in [0.2, 0.25) is 0 Å². The predicted molar refractivity (Wildman–Crippen MR) is 72.4 cm³/mol. The Balaban J connectivity index is 2.27. The first kappa shape index (κ1) is 13.1. The lowest BCUT2D eigenvalue weighted by Crippen LogP contribution is -2.34. The van der Waals surface area contributed by atoms with Gasteiger partial charge in [-0.2, -0.15) is 0 Å². The van der Waals surface area contributed by atoms with Gasteiger partial charge in [-0.25, -0.2) is 0 Å². The summed E-state index contributed by atoms with van der Waals surface area (Å²) in [4.78, 5) is 12.5. The lowest BCUT2D eigenvalue weighted by Gasteiger charge is -2.23. The van der Waals surface area contributed by atoms with E-state index in [0.29, 0.717) is 0 Å². The lowest BCUT2D eigenvalue weighted by atomic mass is 9.88. The molecule has 1 unspecified atom stereocenters. The molecule has 0 bridgehead atoms. The minimum Gasteiger partial charge on any atom is -0.496 e. The Morgan fingerprint density at radius 1 is 1.33 bits per heavy atom. The monoisotopic (exact) mass is 247 g/mol. The van der Waals surface area contributed by atoms with Crippen LogP contribution in [0.3, 0.4) is 0 Å². The van der Waals surface area contributed by atoms with Crippen LogP contribution in [-0.4, -0.2) is 26.0 Å². The first-order chi connectivity index (χ1) is 8.65. The maximum Gasteiger partial charge on any atom is 0.167 e. The van der Waals surface area contributed by atoms with Crippen molar-refractivity contribution in [3.05, 3.63) is 28.8 Å². The molecule has 1 heterocycles. The number of ether oxygens (including phenoxy) is 1. The number of benzene rings is 1. The van der Waals surface area contributed by atoms with Crippen LogP contribution >= 0.6 is 0 Å². The number of hydrogen-bond acceptors (Lipinski definition) is 3. The van der Waals surface area contributed by atoms with Crippen molar-refractivity contribution in [3.8, 4) is 5.75 Å². The van der Waals surface area contributed by atoms with Gasteiger partial charge < -0.3 is 10.1 Å². The van der Waals surface area contributed by atoms with Crippen molar-refractivity contribution in [2.24, 2.45) is 5.92 Å². The normalized spacial score (nSPS) is 19.6. The molecule has 1 N–H and O–H groups in total. The van der Waals surface area contributed by atoms with E-state index in [-0.39, 0.29) is 11.7 Å². The Bertz CT molecular complexity index is 448. The van der Waals surface area contributed by atoms with Gasteiger partial charge in [-0.3, -0.25) is 4.79 Å². The molecular formula is C15H21NO2. The number of ketones is 1. The molecule has 0 aliphatic carbocycles. The third-order valence-corrected chi connectivity index (χ3v) is 3.89. The predicted octanol–water partition coefficient (Wildman–Crippen LogP) is 2.49. The Kier molecular flexibility index (Phi) is 4.02. The highest BCUT2D eigenvalue weighted by atomic mass is 16.5. The molecule has 0 spiro atoms. The van der Waals surface area contributed by atoms with Crippen molar-refractivity contribution in [1.29, 1.82) is 0 Å². The van der Waals surface area contributed by atoms with E-state index in [1.807, 2.05) is 26.0 Å². The summed E-state index contributed by atoms with van der Waals surface area (Å²) < 4.78 is 5.28. The molecule has 3 heteroatoms. The zero-order valence-electron chi connectivity index (χ0n) is 11.4. The van der Waals surface area contributed by atoms with Crippen molar-refractivity contribution in [1.82, 2.24) is 5.32 Å². The maximum absolute atomic E-state index is 12.5.